The van der Waals surface area contributed by atoms with Crippen LogP contribution in [0.2, 0.25) is 0 Å². The Labute approximate surface area is 123 Å². The number of carboxylic acid groups (broad SMARTS) is 1. The summed E-state index contributed by atoms with van der Waals surface area (Å²) in [6, 6.07) is 0. The second-order valence-electron chi connectivity index (χ2n) is 4.73. The lowest BCUT2D eigenvalue weighted by Crippen LogP contribution is -2.46. The molecule has 4 nitrogen and oxygen atoms in total. The first-order valence-corrected chi connectivity index (χ1v) is 8.53. The van der Waals surface area contributed by atoms with E-state index in [1.165, 1.54) is 12.4 Å². The fraction of sp³-hybridized carbons (Fsp3) is 0.533. The number of carboxylic acids is 1. The molecule has 0 aromatic rings. The molecule has 1 rings (SSSR count). The topological polar surface area (TPSA) is 43.8 Å². The minimum absolute atomic E-state index is 0.168. The molecule has 5 heteroatoms. The largest absolute Gasteiger partial charge is 0.478 e. The Bertz CT molecular complexity index is 405. The first kappa shape index (κ1) is 16.9. The van der Waals surface area contributed by atoms with Crippen LogP contribution in [0.5, 0.6) is 0 Å². The van der Waals surface area contributed by atoms with Crippen molar-refractivity contribution in [3.8, 4) is 12.3 Å². The van der Waals surface area contributed by atoms with Gasteiger partial charge in [0.1, 0.15) is 0 Å². The summed E-state index contributed by atoms with van der Waals surface area (Å²) in [5.74, 6) is 1.27. The number of hydrogen-bond acceptors (Lipinski definition) is 3. The van der Waals surface area contributed by atoms with Crippen molar-refractivity contribution >= 4 is 14.6 Å². The van der Waals surface area contributed by atoms with Crippen LogP contribution in [0.15, 0.2) is 23.8 Å². The fourth-order valence-corrected chi connectivity index (χ4v) is 2.90. The molecule has 1 fully saturated rings. The highest BCUT2D eigenvalue weighted by atomic mass is 31.1. The first-order valence-electron chi connectivity index (χ1n) is 6.82. The molecule has 0 radical (unpaired) electrons. The summed E-state index contributed by atoms with van der Waals surface area (Å²) in [6.45, 7) is 7.70. The molecule has 0 bridgehead atoms. The highest BCUT2D eigenvalue weighted by Crippen LogP contribution is 2.10. The van der Waals surface area contributed by atoms with Gasteiger partial charge in [0.25, 0.3) is 0 Å². The van der Waals surface area contributed by atoms with E-state index in [0.29, 0.717) is 0 Å². The molecule has 1 saturated heterocycles. The molecule has 1 heterocycles. The molecule has 110 valence electrons. The molecule has 0 saturated carbocycles. The third-order valence-electron chi connectivity index (χ3n) is 3.24. The van der Waals surface area contributed by atoms with Crippen LogP contribution in [-0.4, -0.2) is 66.6 Å². The van der Waals surface area contributed by atoms with E-state index in [1.54, 1.807) is 6.08 Å². The normalized spacial score (nSPS) is 18.9. The van der Waals surface area contributed by atoms with Gasteiger partial charge in [0.2, 0.25) is 0 Å². The SMILES string of the molecule is C#C/C=C(\C=C/CCN1CCN(CPC)CC1)C(=O)O. The maximum atomic E-state index is 10.9. The molecule has 0 aliphatic carbocycles. The molecule has 1 unspecified atom stereocenters. The molecule has 1 aliphatic rings. The van der Waals surface area contributed by atoms with Gasteiger partial charge in [-0.3, -0.25) is 4.90 Å². The zero-order chi connectivity index (χ0) is 14.8. The van der Waals surface area contributed by atoms with Gasteiger partial charge in [0.15, 0.2) is 0 Å². The zero-order valence-electron chi connectivity index (χ0n) is 12.0. The number of allylic oxidation sites excluding steroid dienone is 1. The number of nitrogens with zero attached hydrogens (tertiary/aromatic N) is 2. The molecule has 1 N–H and O–H groups in total. The molecule has 0 amide bonds. The standard InChI is InChI=1S/C15H23N2O2P/c1-3-6-14(15(18)19)7-4-5-8-16-9-11-17(12-10-16)13-20-2/h1,4,6-7,20H,5,8-13H2,2H3,(H,18,19)/b7-4-,14-6+. The second kappa shape index (κ2) is 9.72. The summed E-state index contributed by atoms with van der Waals surface area (Å²) in [7, 11) is 0.994. The van der Waals surface area contributed by atoms with Crippen LogP contribution in [0, 0.1) is 12.3 Å². The molecular formula is C15H23N2O2P. The van der Waals surface area contributed by atoms with Gasteiger partial charge in [0.05, 0.1) is 5.57 Å². The second-order valence-corrected chi connectivity index (χ2v) is 5.76. The molecular weight excluding hydrogens is 271 g/mol. The van der Waals surface area contributed by atoms with Gasteiger partial charge in [-0.1, -0.05) is 18.1 Å². The summed E-state index contributed by atoms with van der Waals surface area (Å²) in [5, 5.41) is 8.90. The van der Waals surface area contributed by atoms with Crippen molar-refractivity contribution in [2.45, 2.75) is 6.42 Å². The minimum atomic E-state index is -0.979. The zero-order valence-corrected chi connectivity index (χ0v) is 13.0. The predicted octanol–water partition coefficient (Wildman–Crippen LogP) is 1.46. The number of rotatable bonds is 7. The number of hydrogen-bond donors (Lipinski definition) is 1. The molecule has 1 atom stereocenters. The maximum absolute atomic E-state index is 10.9. The number of aliphatic carboxylic acids is 1. The van der Waals surface area contributed by atoms with Crippen LogP contribution >= 0.6 is 8.58 Å². The van der Waals surface area contributed by atoms with Crippen LogP contribution < -0.4 is 0 Å². The summed E-state index contributed by atoms with van der Waals surface area (Å²) in [6.07, 6.45) is 11.9. The van der Waals surface area contributed by atoms with Crippen molar-refractivity contribution in [2.75, 3.05) is 45.7 Å². The smallest absolute Gasteiger partial charge is 0.336 e. The Morgan fingerprint density at radius 3 is 2.55 bits per heavy atom. The Balaban J connectivity index is 2.27. The van der Waals surface area contributed by atoms with Crippen LogP contribution in [-0.2, 0) is 4.79 Å². The van der Waals surface area contributed by atoms with Gasteiger partial charge >= 0.3 is 5.97 Å². The van der Waals surface area contributed by atoms with Crippen LogP contribution in [0.4, 0.5) is 0 Å². The van der Waals surface area contributed by atoms with Gasteiger partial charge in [-0.2, -0.15) is 0 Å². The summed E-state index contributed by atoms with van der Waals surface area (Å²) in [4.78, 5) is 15.8. The number of piperazine rings is 1. The number of carbonyl (C=O) groups is 1. The van der Waals surface area contributed by atoms with E-state index in [1.807, 2.05) is 6.08 Å². The van der Waals surface area contributed by atoms with Gasteiger partial charge < -0.3 is 10.0 Å². The first-order chi connectivity index (χ1) is 9.67. The highest BCUT2D eigenvalue weighted by Gasteiger charge is 2.14. The van der Waals surface area contributed by atoms with Crippen molar-refractivity contribution in [2.24, 2.45) is 0 Å². The third-order valence-corrected chi connectivity index (χ3v) is 4.01. The van der Waals surface area contributed by atoms with E-state index in [2.05, 4.69) is 22.4 Å². The van der Waals surface area contributed by atoms with Crippen molar-refractivity contribution < 1.29 is 9.90 Å². The minimum Gasteiger partial charge on any atom is -0.478 e. The van der Waals surface area contributed by atoms with E-state index in [9.17, 15) is 4.79 Å². The van der Waals surface area contributed by atoms with Gasteiger partial charge in [-0.15, -0.1) is 15.0 Å². The van der Waals surface area contributed by atoms with Crippen LogP contribution in [0.3, 0.4) is 0 Å². The van der Waals surface area contributed by atoms with Gasteiger partial charge in [-0.25, -0.2) is 4.79 Å². The highest BCUT2D eigenvalue weighted by molar-refractivity contribution is 7.36. The van der Waals surface area contributed by atoms with E-state index in [4.69, 9.17) is 11.5 Å². The lowest BCUT2D eigenvalue weighted by molar-refractivity contribution is -0.132. The summed E-state index contributed by atoms with van der Waals surface area (Å²) in [5.41, 5.74) is 0.168. The average Bonchev–Trinajstić information content (AvgIpc) is 2.44. The Kier molecular flexibility index (Phi) is 8.22. The van der Waals surface area contributed by atoms with Crippen molar-refractivity contribution in [3.63, 3.8) is 0 Å². The van der Waals surface area contributed by atoms with Crippen molar-refractivity contribution in [1.29, 1.82) is 0 Å². The predicted molar refractivity (Wildman–Crippen MR) is 85.4 cm³/mol. The van der Waals surface area contributed by atoms with E-state index < -0.39 is 5.97 Å². The fourth-order valence-electron chi connectivity index (χ4n) is 2.13. The maximum Gasteiger partial charge on any atom is 0.336 e. The quantitative estimate of drug-likeness (QED) is 0.334. The molecule has 0 spiro atoms. The van der Waals surface area contributed by atoms with Crippen LogP contribution in [0.25, 0.3) is 0 Å². The number of terminal acetylenes is 1. The Morgan fingerprint density at radius 1 is 1.35 bits per heavy atom. The average molecular weight is 294 g/mol. The molecule has 0 aromatic carbocycles. The molecule has 20 heavy (non-hydrogen) atoms. The van der Waals surface area contributed by atoms with E-state index in [0.717, 1.165) is 47.7 Å². The third kappa shape index (κ3) is 6.34. The van der Waals surface area contributed by atoms with Gasteiger partial charge in [0, 0.05) is 45.1 Å². The van der Waals surface area contributed by atoms with E-state index >= 15 is 0 Å². The Morgan fingerprint density at radius 2 is 2.00 bits per heavy atom. The van der Waals surface area contributed by atoms with Crippen LogP contribution in [0.1, 0.15) is 6.42 Å². The summed E-state index contributed by atoms with van der Waals surface area (Å²) < 4.78 is 0. The van der Waals surface area contributed by atoms with E-state index in [-0.39, 0.29) is 5.57 Å². The van der Waals surface area contributed by atoms with Gasteiger partial charge in [-0.05, 0) is 13.1 Å². The summed E-state index contributed by atoms with van der Waals surface area (Å²) >= 11 is 0. The van der Waals surface area contributed by atoms with Crippen molar-refractivity contribution in [3.05, 3.63) is 23.8 Å². The lowest BCUT2D eigenvalue weighted by atomic mass is 10.2. The Hall–Kier alpha value is -1.14. The monoisotopic (exact) mass is 294 g/mol. The van der Waals surface area contributed by atoms with Crippen molar-refractivity contribution in [1.82, 2.24) is 9.80 Å². The lowest BCUT2D eigenvalue weighted by Gasteiger charge is -2.34. The molecule has 1 aliphatic heterocycles. The molecule has 0 aromatic heterocycles.